The van der Waals surface area contributed by atoms with Crippen molar-refractivity contribution in [2.24, 2.45) is 11.8 Å². The summed E-state index contributed by atoms with van der Waals surface area (Å²) < 4.78 is 0. The normalized spacial score (nSPS) is 22.6. The fraction of sp³-hybridized carbons (Fsp3) is 0.412. The summed E-state index contributed by atoms with van der Waals surface area (Å²) in [5.74, 6) is -1.23. The number of allylic oxidation sites excluding steroid dienone is 2. The van der Waals surface area contributed by atoms with Crippen molar-refractivity contribution in [2.75, 3.05) is 16.8 Å². The first-order valence-electron chi connectivity index (χ1n) is 8.09. The van der Waals surface area contributed by atoms with Crippen molar-refractivity contribution in [3.8, 4) is 0 Å². The highest BCUT2D eigenvalue weighted by Crippen LogP contribution is 2.39. The van der Waals surface area contributed by atoms with Crippen LogP contribution in [0.1, 0.15) is 26.2 Å². The number of nitro benzene ring substituents is 1. The maximum atomic E-state index is 12.6. The largest absolute Gasteiger partial charge is 0.380 e. The van der Waals surface area contributed by atoms with E-state index < -0.39 is 4.92 Å². The molecule has 24 heavy (non-hydrogen) atoms. The minimum absolute atomic E-state index is 0.130. The van der Waals surface area contributed by atoms with Gasteiger partial charge in [0.25, 0.3) is 5.69 Å². The quantitative estimate of drug-likeness (QED) is 0.388. The van der Waals surface area contributed by atoms with Gasteiger partial charge in [-0.3, -0.25) is 19.7 Å². The molecule has 1 aliphatic heterocycles. The standard InChI is InChI=1S/C17H19N3O4/c1-2-9-18-14-8-7-11(10-15(14)20(23)24)19-16(21)12-5-3-4-6-13(12)17(19)22/h3-4,7-8,10,12-13,18H,2,5-6,9H2,1H3. The van der Waals surface area contributed by atoms with Crippen LogP contribution in [0.5, 0.6) is 0 Å². The van der Waals surface area contributed by atoms with Gasteiger partial charge in [0, 0.05) is 12.6 Å². The van der Waals surface area contributed by atoms with Crippen molar-refractivity contribution in [1.29, 1.82) is 0 Å². The van der Waals surface area contributed by atoms with Gasteiger partial charge < -0.3 is 5.32 Å². The number of nitrogens with one attached hydrogen (secondary N) is 1. The molecule has 1 aliphatic carbocycles. The molecule has 2 amide bonds. The van der Waals surface area contributed by atoms with Crippen LogP contribution >= 0.6 is 0 Å². The van der Waals surface area contributed by atoms with E-state index in [0.29, 0.717) is 25.1 Å². The predicted octanol–water partition coefficient (Wildman–Crippen LogP) is 2.87. The Morgan fingerprint density at radius 2 is 1.83 bits per heavy atom. The van der Waals surface area contributed by atoms with Gasteiger partial charge in [-0.05, 0) is 31.4 Å². The molecule has 1 saturated heterocycles. The molecule has 0 spiro atoms. The summed E-state index contributed by atoms with van der Waals surface area (Å²) in [5.41, 5.74) is 0.534. The van der Waals surface area contributed by atoms with Crippen molar-refractivity contribution in [3.63, 3.8) is 0 Å². The molecule has 3 rings (SSSR count). The lowest BCUT2D eigenvalue weighted by atomic mass is 9.85. The molecular formula is C17H19N3O4. The predicted molar refractivity (Wildman–Crippen MR) is 89.7 cm³/mol. The van der Waals surface area contributed by atoms with Gasteiger partial charge in [0.15, 0.2) is 0 Å². The Balaban J connectivity index is 1.95. The number of carbonyl (C=O) groups is 2. The molecule has 1 N–H and O–H groups in total. The molecule has 7 heteroatoms. The Labute approximate surface area is 139 Å². The second kappa shape index (κ2) is 6.43. The number of hydrogen-bond acceptors (Lipinski definition) is 5. The van der Waals surface area contributed by atoms with E-state index in [-0.39, 0.29) is 35.0 Å². The van der Waals surface area contributed by atoms with Crippen LogP contribution in [0.4, 0.5) is 17.1 Å². The molecule has 1 heterocycles. The van der Waals surface area contributed by atoms with Crippen molar-refractivity contribution >= 4 is 28.9 Å². The lowest BCUT2D eigenvalue weighted by Gasteiger charge is -2.16. The number of rotatable bonds is 5. The maximum Gasteiger partial charge on any atom is 0.294 e. The van der Waals surface area contributed by atoms with Crippen LogP contribution in [0.15, 0.2) is 30.4 Å². The smallest absolute Gasteiger partial charge is 0.294 e. The van der Waals surface area contributed by atoms with Gasteiger partial charge in [-0.1, -0.05) is 19.1 Å². The Kier molecular flexibility index (Phi) is 4.33. The number of fused-ring (bicyclic) bond motifs is 1. The molecule has 126 valence electrons. The number of nitro groups is 1. The number of anilines is 2. The van der Waals surface area contributed by atoms with Gasteiger partial charge in [-0.2, -0.15) is 0 Å². The monoisotopic (exact) mass is 329 g/mol. The zero-order valence-corrected chi connectivity index (χ0v) is 13.4. The van der Waals surface area contributed by atoms with Crippen LogP contribution in [0.2, 0.25) is 0 Å². The van der Waals surface area contributed by atoms with Crippen LogP contribution in [0.3, 0.4) is 0 Å². The minimum Gasteiger partial charge on any atom is -0.380 e. The highest BCUT2D eigenvalue weighted by molar-refractivity contribution is 6.22. The number of hydrogen-bond donors (Lipinski definition) is 1. The van der Waals surface area contributed by atoms with Gasteiger partial charge in [0.05, 0.1) is 22.4 Å². The molecule has 1 fully saturated rings. The summed E-state index contributed by atoms with van der Waals surface area (Å²) in [4.78, 5) is 37.1. The summed E-state index contributed by atoms with van der Waals surface area (Å²) in [6, 6.07) is 4.45. The van der Waals surface area contributed by atoms with Crippen molar-refractivity contribution < 1.29 is 14.5 Å². The maximum absolute atomic E-state index is 12.6. The van der Waals surface area contributed by atoms with E-state index in [2.05, 4.69) is 5.32 Å². The van der Waals surface area contributed by atoms with Crippen LogP contribution in [0, 0.1) is 22.0 Å². The molecule has 7 nitrogen and oxygen atoms in total. The van der Waals surface area contributed by atoms with Gasteiger partial charge in [0.1, 0.15) is 5.69 Å². The third kappa shape index (κ3) is 2.66. The van der Waals surface area contributed by atoms with E-state index in [1.54, 1.807) is 12.1 Å². The number of amides is 2. The van der Waals surface area contributed by atoms with Crippen molar-refractivity contribution in [1.82, 2.24) is 0 Å². The third-order valence-electron chi connectivity index (χ3n) is 4.51. The SMILES string of the molecule is CCCNc1ccc(N2C(=O)C3CC=CCC3C2=O)cc1[N+](=O)[O-]. The van der Waals surface area contributed by atoms with E-state index in [1.807, 2.05) is 19.1 Å². The number of benzene rings is 1. The topological polar surface area (TPSA) is 92.6 Å². The number of nitrogens with zero attached hydrogens (tertiary/aromatic N) is 2. The molecule has 1 aromatic rings. The van der Waals surface area contributed by atoms with E-state index in [9.17, 15) is 19.7 Å². The molecule has 0 radical (unpaired) electrons. The third-order valence-corrected chi connectivity index (χ3v) is 4.51. The first-order chi connectivity index (χ1) is 11.5. The molecule has 2 aliphatic rings. The van der Waals surface area contributed by atoms with Crippen molar-refractivity contribution in [3.05, 3.63) is 40.5 Å². The van der Waals surface area contributed by atoms with Gasteiger partial charge in [0.2, 0.25) is 11.8 Å². The lowest BCUT2D eigenvalue weighted by molar-refractivity contribution is -0.383. The fourth-order valence-electron chi connectivity index (χ4n) is 3.27. The summed E-state index contributed by atoms with van der Waals surface area (Å²) in [6.45, 7) is 2.57. The van der Waals surface area contributed by atoms with E-state index >= 15 is 0 Å². The van der Waals surface area contributed by atoms with Crippen LogP contribution in [-0.4, -0.2) is 23.3 Å². The highest BCUT2D eigenvalue weighted by atomic mass is 16.6. The Morgan fingerprint density at radius 1 is 1.21 bits per heavy atom. The molecule has 1 aromatic carbocycles. The van der Waals surface area contributed by atoms with Crippen LogP contribution < -0.4 is 10.2 Å². The van der Waals surface area contributed by atoms with E-state index in [4.69, 9.17) is 0 Å². The lowest BCUT2D eigenvalue weighted by Crippen LogP contribution is -2.30. The van der Waals surface area contributed by atoms with Crippen LogP contribution in [-0.2, 0) is 9.59 Å². The minimum atomic E-state index is -0.499. The first kappa shape index (κ1) is 16.2. The average Bonchev–Trinajstić information content (AvgIpc) is 2.84. The molecular weight excluding hydrogens is 310 g/mol. The van der Waals surface area contributed by atoms with Gasteiger partial charge >= 0.3 is 0 Å². The average molecular weight is 329 g/mol. The number of carbonyl (C=O) groups excluding carboxylic acids is 2. The zero-order valence-electron chi connectivity index (χ0n) is 13.4. The second-order valence-corrected chi connectivity index (χ2v) is 6.05. The first-order valence-corrected chi connectivity index (χ1v) is 8.09. The van der Waals surface area contributed by atoms with E-state index in [0.717, 1.165) is 11.3 Å². The van der Waals surface area contributed by atoms with Crippen molar-refractivity contribution in [2.45, 2.75) is 26.2 Å². The summed E-state index contributed by atoms with van der Waals surface area (Å²) in [6.07, 6.45) is 5.75. The summed E-state index contributed by atoms with van der Waals surface area (Å²) in [7, 11) is 0. The molecule has 0 saturated carbocycles. The molecule has 0 aromatic heterocycles. The van der Waals surface area contributed by atoms with Gasteiger partial charge in [-0.25, -0.2) is 4.90 Å². The second-order valence-electron chi connectivity index (χ2n) is 6.05. The fourth-order valence-corrected chi connectivity index (χ4v) is 3.27. The summed E-state index contributed by atoms with van der Waals surface area (Å²) in [5, 5.41) is 14.3. The summed E-state index contributed by atoms with van der Waals surface area (Å²) >= 11 is 0. The molecule has 2 atom stereocenters. The number of imide groups is 1. The highest BCUT2D eigenvalue weighted by Gasteiger charge is 2.48. The zero-order chi connectivity index (χ0) is 17.3. The molecule has 0 bridgehead atoms. The van der Waals surface area contributed by atoms with Crippen LogP contribution in [0.25, 0.3) is 0 Å². The Morgan fingerprint density at radius 3 is 2.38 bits per heavy atom. The molecule has 2 unspecified atom stereocenters. The Hall–Kier alpha value is -2.70. The van der Waals surface area contributed by atoms with E-state index in [1.165, 1.54) is 6.07 Å². The Bertz CT molecular complexity index is 703. The van der Waals surface area contributed by atoms with Gasteiger partial charge in [-0.15, -0.1) is 0 Å².